The smallest absolute Gasteiger partial charge is 0.229 e. The molecule has 0 spiro atoms. The second-order valence-electron chi connectivity index (χ2n) is 5.80. The van der Waals surface area contributed by atoms with E-state index in [2.05, 4.69) is 4.98 Å². The van der Waals surface area contributed by atoms with Gasteiger partial charge in [-0.2, -0.15) is 0 Å². The fourth-order valence-corrected chi connectivity index (χ4v) is 4.54. The Balaban J connectivity index is 1.70. The Kier molecular flexibility index (Phi) is 4.87. The number of fused-ring (bicyclic) bond motifs is 1. The van der Waals surface area contributed by atoms with Gasteiger partial charge in [0.2, 0.25) is 5.91 Å². The molecule has 0 fully saturated rings. The molecule has 0 N–H and O–H groups in total. The molecule has 0 radical (unpaired) electrons. The number of aryl methyl sites for hydroxylation is 1. The number of anilines is 1. The first-order valence-electron chi connectivity index (χ1n) is 7.78. The number of carbonyl (C=O) groups excluding carboxylic acids is 1. The number of nitrogens with zero attached hydrogens (tertiary/aromatic N) is 2. The van der Waals surface area contributed by atoms with Crippen molar-refractivity contribution in [1.82, 2.24) is 4.98 Å². The number of benzene rings is 2. The standard InChI is InChI=1S/C18H18N2O3S2/c1-13-7-9-14(10-8-13)25(22,23)12-11-17(21)20(2)18-19-15-5-3-4-6-16(15)24-18/h3-10H,11-12H2,1-2H3. The minimum Gasteiger partial charge on any atom is -0.291 e. The Bertz CT molecular complexity index is 975. The van der Waals surface area contributed by atoms with E-state index in [0.29, 0.717) is 5.13 Å². The summed E-state index contributed by atoms with van der Waals surface area (Å²) in [6, 6.07) is 14.3. The molecule has 3 aromatic rings. The highest BCUT2D eigenvalue weighted by molar-refractivity contribution is 7.91. The number of hydrogen-bond acceptors (Lipinski definition) is 5. The number of rotatable bonds is 5. The topological polar surface area (TPSA) is 67.3 Å². The number of sulfone groups is 1. The van der Waals surface area contributed by atoms with Gasteiger partial charge in [0.15, 0.2) is 15.0 Å². The lowest BCUT2D eigenvalue weighted by Gasteiger charge is -2.13. The van der Waals surface area contributed by atoms with Crippen LogP contribution >= 0.6 is 11.3 Å². The first kappa shape index (κ1) is 17.6. The van der Waals surface area contributed by atoms with Crippen LogP contribution in [0.4, 0.5) is 5.13 Å². The van der Waals surface area contributed by atoms with Gasteiger partial charge < -0.3 is 0 Å². The summed E-state index contributed by atoms with van der Waals surface area (Å²) in [6.07, 6.45) is -0.0807. The fraction of sp³-hybridized carbons (Fsp3) is 0.222. The number of amides is 1. The van der Waals surface area contributed by atoms with Gasteiger partial charge in [0.05, 0.1) is 20.9 Å². The molecule has 0 bridgehead atoms. The van der Waals surface area contributed by atoms with Crippen LogP contribution in [0.2, 0.25) is 0 Å². The van der Waals surface area contributed by atoms with Crippen molar-refractivity contribution in [3.8, 4) is 0 Å². The fourth-order valence-electron chi connectivity index (χ4n) is 2.36. The van der Waals surface area contributed by atoms with Crippen molar-refractivity contribution in [1.29, 1.82) is 0 Å². The highest BCUT2D eigenvalue weighted by Crippen LogP contribution is 2.28. The van der Waals surface area contributed by atoms with E-state index in [-0.39, 0.29) is 23.0 Å². The average molecular weight is 374 g/mol. The SMILES string of the molecule is Cc1ccc(S(=O)(=O)CCC(=O)N(C)c2nc3ccccc3s2)cc1. The molecule has 7 heteroatoms. The molecule has 0 saturated carbocycles. The molecule has 0 aliphatic rings. The number of para-hydroxylation sites is 1. The van der Waals surface area contributed by atoms with Crippen LogP contribution in [0, 0.1) is 6.92 Å². The number of carbonyl (C=O) groups is 1. The Labute approximate surface area is 150 Å². The Morgan fingerprint density at radius 3 is 2.48 bits per heavy atom. The quantitative estimate of drug-likeness (QED) is 0.686. The van der Waals surface area contributed by atoms with E-state index < -0.39 is 9.84 Å². The van der Waals surface area contributed by atoms with E-state index >= 15 is 0 Å². The molecule has 0 aliphatic carbocycles. The Morgan fingerprint density at radius 2 is 1.80 bits per heavy atom. The van der Waals surface area contributed by atoms with Crippen LogP contribution in [0.25, 0.3) is 10.2 Å². The van der Waals surface area contributed by atoms with Gasteiger partial charge in [-0.25, -0.2) is 13.4 Å². The molecular formula is C18H18N2O3S2. The van der Waals surface area contributed by atoms with Gasteiger partial charge in [0.25, 0.3) is 0 Å². The first-order valence-corrected chi connectivity index (χ1v) is 10.3. The minimum absolute atomic E-state index is 0.0807. The zero-order valence-corrected chi connectivity index (χ0v) is 15.6. The lowest BCUT2D eigenvalue weighted by molar-refractivity contribution is -0.117. The molecule has 0 saturated heterocycles. The molecule has 1 heterocycles. The van der Waals surface area contributed by atoms with Crippen LogP contribution < -0.4 is 4.90 Å². The third-order valence-electron chi connectivity index (χ3n) is 3.91. The van der Waals surface area contributed by atoms with Crippen molar-refractivity contribution in [2.75, 3.05) is 17.7 Å². The van der Waals surface area contributed by atoms with Gasteiger partial charge in [-0.05, 0) is 31.2 Å². The molecule has 0 aliphatic heterocycles. The molecular weight excluding hydrogens is 356 g/mol. The van der Waals surface area contributed by atoms with Gasteiger partial charge in [-0.3, -0.25) is 9.69 Å². The molecule has 1 amide bonds. The zero-order chi connectivity index (χ0) is 18.0. The molecule has 2 aromatic carbocycles. The van der Waals surface area contributed by atoms with E-state index in [1.54, 1.807) is 31.3 Å². The monoisotopic (exact) mass is 374 g/mol. The van der Waals surface area contributed by atoms with Crippen LogP contribution in [0.3, 0.4) is 0 Å². The summed E-state index contributed by atoms with van der Waals surface area (Å²) < 4.78 is 25.7. The molecule has 1 aromatic heterocycles. The second-order valence-corrected chi connectivity index (χ2v) is 8.92. The molecule has 0 atom stereocenters. The molecule has 5 nitrogen and oxygen atoms in total. The largest absolute Gasteiger partial charge is 0.291 e. The van der Waals surface area contributed by atoms with Crippen LogP contribution in [-0.4, -0.2) is 32.1 Å². The maximum Gasteiger partial charge on any atom is 0.229 e. The van der Waals surface area contributed by atoms with Crippen LogP contribution in [0.5, 0.6) is 0 Å². The highest BCUT2D eigenvalue weighted by atomic mass is 32.2. The number of thiazole rings is 1. The summed E-state index contributed by atoms with van der Waals surface area (Å²) in [6.45, 7) is 1.90. The molecule has 25 heavy (non-hydrogen) atoms. The maximum atomic E-state index is 12.4. The van der Waals surface area contributed by atoms with Crippen LogP contribution in [-0.2, 0) is 14.6 Å². The predicted molar refractivity (Wildman–Crippen MR) is 101 cm³/mol. The summed E-state index contributed by atoms with van der Waals surface area (Å²) in [5.74, 6) is -0.487. The van der Waals surface area contributed by atoms with Crippen LogP contribution in [0.1, 0.15) is 12.0 Å². The van der Waals surface area contributed by atoms with Gasteiger partial charge in [-0.1, -0.05) is 41.2 Å². The van der Waals surface area contributed by atoms with Crippen molar-refractivity contribution in [3.63, 3.8) is 0 Å². The van der Waals surface area contributed by atoms with E-state index in [1.807, 2.05) is 31.2 Å². The zero-order valence-electron chi connectivity index (χ0n) is 14.0. The summed E-state index contributed by atoms with van der Waals surface area (Å²) in [4.78, 5) is 18.5. The van der Waals surface area contributed by atoms with Crippen molar-refractivity contribution < 1.29 is 13.2 Å². The van der Waals surface area contributed by atoms with Crippen molar-refractivity contribution in [2.45, 2.75) is 18.2 Å². The summed E-state index contributed by atoms with van der Waals surface area (Å²) in [7, 11) is -1.85. The maximum absolute atomic E-state index is 12.4. The van der Waals surface area contributed by atoms with E-state index in [9.17, 15) is 13.2 Å². The minimum atomic E-state index is -3.48. The predicted octanol–water partition coefficient (Wildman–Crippen LogP) is 3.43. The van der Waals surface area contributed by atoms with Crippen molar-refractivity contribution >= 4 is 42.4 Å². The van der Waals surface area contributed by atoms with Crippen molar-refractivity contribution in [3.05, 3.63) is 54.1 Å². The van der Waals surface area contributed by atoms with E-state index in [0.717, 1.165) is 15.8 Å². The van der Waals surface area contributed by atoms with Crippen molar-refractivity contribution in [2.24, 2.45) is 0 Å². The molecule has 0 unspecified atom stereocenters. The van der Waals surface area contributed by atoms with Gasteiger partial charge in [0.1, 0.15) is 0 Å². The summed E-state index contributed by atoms with van der Waals surface area (Å²) in [5.41, 5.74) is 1.82. The normalized spacial score (nSPS) is 11.6. The second kappa shape index (κ2) is 6.93. The number of hydrogen-bond donors (Lipinski definition) is 0. The van der Waals surface area contributed by atoms with Crippen LogP contribution in [0.15, 0.2) is 53.4 Å². The van der Waals surface area contributed by atoms with E-state index in [4.69, 9.17) is 0 Å². The average Bonchev–Trinajstić information content (AvgIpc) is 3.03. The van der Waals surface area contributed by atoms with Gasteiger partial charge >= 0.3 is 0 Å². The Hall–Kier alpha value is -2.25. The first-order chi connectivity index (χ1) is 11.9. The number of aromatic nitrogens is 1. The van der Waals surface area contributed by atoms with Gasteiger partial charge in [0, 0.05) is 13.5 Å². The third-order valence-corrected chi connectivity index (χ3v) is 6.75. The van der Waals surface area contributed by atoms with E-state index in [1.165, 1.54) is 16.2 Å². The molecule has 3 rings (SSSR count). The lowest BCUT2D eigenvalue weighted by atomic mass is 10.2. The molecule has 130 valence electrons. The highest BCUT2D eigenvalue weighted by Gasteiger charge is 2.20. The van der Waals surface area contributed by atoms with Gasteiger partial charge in [-0.15, -0.1) is 0 Å². The lowest BCUT2D eigenvalue weighted by Crippen LogP contribution is -2.28. The third kappa shape index (κ3) is 3.88. The summed E-state index contributed by atoms with van der Waals surface area (Å²) in [5, 5.41) is 0.568. The Morgan fingerprint density at radius 1 is 1.12 bits per heavy atom. The summed E-state index contributed by atoms with van der Waals surface area (Å²) >= 11 is 1.41.